The molecule has 1 aromatic heterocycles. The molecule has 1 aliphatic carbocycles. The molecule has 1 aromatic rings. The van der Waals surface area contributed by atoms with Gasteiger partial charge < -0.3 is 9.84 Å². The predicted octanol–water partition coefficient (Wildman–Crippen LogP) is 2.35. The number of rotatable bonds is 4. The largest absolute Gasteiger partial charge is 0.481 e. The van der Waals surface area contributed by atoms with Crippen LogP contribution in [0.1, 0.15) is 47.9 Å². The second-order valence-electron chi connectivity index (χ2n) is 3.89. The lowest BCUT2D eigenvalue weighted by atomic mass is 10.1. The van der Waals surface area contributed by atoms with Gasteiger partial charge in [0.25, 0.3) is 0 Å². The molecule has 0 aliphatic heterocycles. The molecule has 0 saturated carbocycles. The number of carbonyl (C=O) groups is 1. The van der Waals surface area contributed by atoms with Gasteiger partial charge in [0.15, 0.2) is 0 Å². The highest BCUT2D eigenvalue weighted by Gasteiger charge is 2.33. The fourth-order valence-corrected chi connectivity index (χ4v) is 3.12. The van der Waals surface area contributed by atoms with E-state index in [9.17, 15) is 4.79 Å². The SMILES string of the molecule is CCOC(C)c1nc2c(s1)CCC2C(=O)O. The fourth-order valence-electron chi connectivity index (χ4n) is 1.98. The van der Waals surface area contributed by atoms with E-state index in [4.69, 9.17) is 9.84 Å². The summed E-state index contributed by atoms with van der Waals surface area (Å²) in [5.74, 6) is -1.17. The third kappa shape index (κ3) is 1.97. The third-order valence-electron chi connectivity index (χ3n) is 2.80. The van der Waals surface area contributed by atoms with Crippen LogP contribution in [0, 0.1) is 0 Å². The molecule has 0 aromatic carbocycles. The molecular formula is C11H15NO3S. The molecule has 0 fully saturated rings. The first-order chi connectivity index (χ1) is 7.63. The predicted molar refractivity (Wildman–Crippen MR) is 60.9 cm³/mol. The molecule has 2 rings (SSSR count). The Bertz CT molecular complexity index is 402. The molecule has 16 heavy (non-hydrogen) atoms. The van der Waals surface area contributed by atoms with Crippen LogP contribution in [0.15, 0.2) is 0 Å². The van der Waals surface area contributed by atoms with Crippen molar-refractivity contribution in [3.8, 4) is 0 Å². The Labute approximate surface area is 98.3 Å². The van der Waals surface area contributed by atoms with Crippen LogP contribution >= 0.6 is 11.3 Å². The molecule has 2 unspecified atom stereocenters. The van der Waals surface area contributed by atoms with Crippen LogP contribution in [0.5, 0.6) is 0 Å². The number of hydrogen-bond acceptors (Lipinski definition) is 4. The van der Waals surface area contributed by atoms with Gasteiger partial charge in [-0.15, -0.1) is 11.3 Å². The van der Waals surface area contributed by atoms with Crippen molar-refractivity contribution in [3.63, 3.8) is 0 Å². The van der Waals surface area contributed by atoms with Crippen LogP contribution in [0.2, 0.25) is 0 Å². The van der Waals surface area contributed by atoms with Gasteiger partial charge in [-0.05, 0) is 26.7 Å². The molecule has 0 saturated heterocycles. The van der Waals surface area contributed by atoms with Crippen molar-refractivity contribution in [2.24, 2.45) is 0 Å². The Hall–Kier alpha value is -0.940. The number of thiazole rings is 1. The number of ether oxygens (including phenoxy) is 1. The molecule has 5 heteroatoms. The van der Waals surface area contributed by atoms with E-state index in [2.05, 4.69) is 4.98 Å². The highest BCUT2D eigenvalue weighted by Crippen LogP contribution is 2.38. The zero-order valence-corrected chi connectivity index (χ0v) is 10.2. The third-order valence-corrected chi connectivity index (χ3v) is 4.09. The first-order valence-electron chi connectivity index (χ1n) is 5.47. The van der Waals surface area contributed by atoms with E-state index in [-0.39, 0.29) is 6.10 Å². The molecule has 0 amide bonds. The Morgan fingerprint density at radius 3 is 3.12 bits per heavy atom. The lowest BCUT2D eigenvalue weighted by Gasteiger charge is -2.08. The van der Waals surface area contributed by atoms with Crippen LogP contribution in [-0.2, 0) is 16.0 Å². The van der Waals surface area contributed by atoms with E-state index in [1.807, 2.05) is 13.8 Å². The number of hydrogen-bond donors (Lipinski definition) is 1. The van der Waals surface area contributed by atoms with Crippen molar-refractivity contribution in [1.82, 2.24) is 4.98 Å². The van der Waals surface area contributed by atoms with Crippen LogP contribution in [0.25, 0.3) is 0 Å². The molecule has 4 nitrogen and oxygen atoms in total. The fraction of sp³-hybridized carbons (Fsp3) is 0.636. The van der Waals surface area contributed by atoms with Gasteiger partial charge in [0.2, 0.25) is 0 Å². The van der Waals surface area contributed by atoms with E-state index in [0.717, 1.165) is 22.0 Å². The highest BCUT2D eigenvalue weighted by atomic mass is 32.1. The second kappa shape index (κ2) is 4.51. The standard InChI is InChI=1S/C11H15NO3S/c1-3-15-6(2)10-12-9-7(11(13)14)4-5-8(9)16-10/h6-7H,3-5H2,1-2H3,(H,13,14). The Morgan fingerprint density at radius 1 is 1.75 bits per heavy atom. The number of aliphatic carboxylic acids is 1. The Kier molecular flexibility index (Phi) is 3.25. The maximum atomic E-state index is 11.0. The van der Waals surface area contributed by atoms with Gasteiger partial charge in [-0.2, -0.15) is 0 Å². The quantitative estimate of drug-likeness (QED) is 0.879. The molecule has 0 bridgehead atoms. The van der Waals surface area contributed by atoms with Crippen molar-refractivity contribution < 1.29 is 14.6 Å². The van der Waals surface area contributed by atoms with Crippen molar-refractivity contribution in [1.29, 1.82) is 0 Å². The maximum Gasteiger partial charge on any atom is 0.312 e. The van der Waals surface area contributed by atoms with Gasteiger partial charge >= 0.3 is 5.97 Å². The van der Waals surface area contributed by atoms with Crippen molar-refractivity contribution >= 4 is 17.3 Å². The molecule has 0 spiro atoms. The van der Waals surface area contributed by atoms with E-state index in [1.54, 1.807) is 11.3 Å². The molecule has 0 radical (unpaired) electrons. The summed E-state index contributed by atoms with van der Waals surface area (Å²) in [4.78, 5) is 16.5. The van der Waals surface area contributed by atoms with Gasteiger partial charge in [-0.1, -0.05) is 0 Å². The van der Waals surface area contributed by atoms with Crippen molar-refractivity contribution in [3.05, 3.63) is 15.6 Å². The maximum absolute atomic E-state index is 11.0. The topological polar surface area (TPSA) is 59.4 Å². The molecule has 1 heterocycles. The minimum atomic E-state index is -0.764. The van der Waals surface area contributed by atoms with Crippen LogP contribution in [0.3, 0.4) is 0 Å². The normalized spacial score (nSPS) is 20.8. The zero-order chi connectivity index (χ0) is 11.7. The summed E-state index contributed by atoms with van der Waals surface area (Å²) < 4.78 is 5.46. The number of carboxylic acids is 1. The second-order valence-corrected chi connectivity index (χ2v) is 5.00. The number of nitrogens with zero attached hydrogens (tertiary/aromatic N) is 1. The minimum Gasteiger partial charge on any atom is -0.481 e. The first kappa shape index (κ1) is 11.5. The Balaban J connectivity index is 2.22. The summed E-state index contributed by atoms with van der Waals surface area (Å²) >= 11 is 1.59. The monoisotopic (exact) mass is 241 g/mol. The van der Waals surface area contributed by atoms with Crippen LogP contribution < -0.4 is 0 Å². The van der Waals surface area contributed by atoms with Crippen LogP contribution in [-0.4, -0.2) is 22.7 Å². The first-order valence-corrected chi connectivity index (χ1v) is 6.29. The van der Waals surface area contributed by atoms with E-state index >= 15 is 0 Å². The summed E-state index contributed by atoms with van der Waals surface area (Å²) in [5.41, 5.74) is 0.763. The zero-order valence-electron chi connectivity index (χ0n) is 9.40. The average molecular weight is 241 g/mol. The van der Waals surface area contributed by atoms with Gasteiger partial charge in [0.1, 0.15) is 17.0 Å². The average Bonchev–Trinajstić information content (AvgIpc) is 2.74. The number of carboxylic acid groups (broad SMARTS) is 1. The van der Waals surface area contributed by atoms with Crippen molar-refractivity contribution in [2.75, 3.05) is 6.61 Å². The summed E-state index contributed by atoms with van der Waals surface area (Å²) in [6.45, 7) is 4.54. The number of fused-ring (bicyclic) bond motifs is 1. The van der Waals surface area contributed by atoms with E-state index < -0.39 is 11.9 Å². The van der Waals surface area contributed by atoms with Gasteiger partial charge in [0, 0.05) is 11.5 Å². The summed E-state index contributed by atoms with van der Waals surface area (Å²) in [7, 11) is 0. The Morgan fingerprint density at radius 2 is 2.50 bits per heavy atom. The van der Waals surface area contributed by atoms with E-state index in [1.165, 1.54) is 0 Å². The summed E-state index contributed by atoms with van der Waals surface area (Å²) in [6.07, 6.45) is 1.49. The lowest BCUT2D eigenvalue weighted by molar-refractivity contribution is -0.138. The van der Waals surface area contributed by atoms with Gasteiger partial charge in [0.05, 0.1) is 5.69 Å². The summed E-state index contributed by atoms with van der Waals surface area (Å²) in [6, 6.07) is 0. The van der Waals surface area contributed by atoms with Gasteiger partial charge in [-0.3, -0.25) is 4.79 Å². The molecule has 2 atom stereocenters. The van der Waals surface area contributed by atoms with Gasteiger partial charge in [-0.25, -0.2) is 4.98 Å². The smallest absolute Gasteiger partial charge is 0.312 e. The highest BCUT2D eigenvalue weighted by molar-refractivity contribution is 7.11. The molecule has 88 valence electrons. The minimum absolute atomic E-state index is 0.0324. The number of aromatic nitrogens is 1. The lowest BCUT2D eigenvalue weighted by Crippen LogP contribution is -2.09. The summed E-state index contributed by atoms with van der Waals surface area (Å²) in [5, 5.41) is 9.95. The molecule has 1 N–H and O–H groups in total. The number of aryl methyl sites for hydroxylation is 1. The molecule has 1 aliphatic rings. The van der Waals surface area contributed by atoms with Crippen LogP contribution in [0.4, 0.5) is 0 Å². The van der Waals surface area contributed by atoms with E-state index in [0.29, 0.717) is 13.0 Å². The van der Waals surface area contributed by atoms with Crippen molar-refractivity contribution in [2.45, 2.75) is 38.7 Å². The molecular weight excluding hydrogens is 226 g/mol.